The number of ether oxygens (including phenoxy) is 2. The van der Waals surface area contributed by atoms with Gasteiger partial charge < -0.3 is 24.6 Å². The molecule has 0 aliphatic carbocycles. The van der Waals surface area contributed by atoms with Crippen molar-refractivity contribution in [3.8, 4) is 11.5 Å². The van der Waals surface area contributed by atoms with Crippen LogP contribution in [0.4, 0.5) is 5.69 Å². The molecule has 0 saturated carbocycles. The molecule has 0 spiro atoms. The number of hydrogen-bond donors (Lipinski definition) is 1. The van der Waals surface area contributed by atoms with Crippen molar-refractivity contribution in [3.05, 3.63) is 18.2 Å². The van der Waals surface area contributed by atoms with Gasteiger partial charge in [0.15, 0.2) is 0 Å². The number of hydrogen-bond acceptors (Lipinski definition) is 5. The number of nitrogens with zero attached hydrogens (tertiary/aromatic N) is 2. The van der Waals surface area contributed by atoms with Gasteiger partial charge in [-0.05, 0) is 13.5 Å². The number of carbonyl (C=O) groups is 2. The molecule has 7 nitrogen and oxygen atoms in total. The average molecular weight is 321 g/mol. The lowest BCUT2D eigenvalue weighted by atomic mass is 10.2. The highest BCUT2D eigenvalue weighted by Crippen LogP contribution is 2.31. The average Bonchev–Trinajstić information content (AvgIpc) is 2.95. The monoisotopic (exact) mass is 321 g/mol. The van der Waals surface area contributed by atoms with Gasteiger partial charge in [-0.15, -0.1) is 0 Å². The van der Waals surface area contributed by atoms with E-state index in [0.29, 0.717) is 30.2 Å². The topological polar surface area (TPSA) is 71.1 Å². The molecule has 2 amide bonds. The molecule has 0 bridgehead atoms. The fourth-order valence-electron chi connectivity index (χ4n) is 2.68. The second-order valence-corrected chi connectivity index (χ2v) is 5.40. The number of rotatable bonds is 6. The van der Waals surface area contributed by atoms with Gasteiger partial charge in [-0.3, -0.25) is 9.59 Å². The molecule has 1 saturated heterocycles. The molecule has 1 N–H and O–H groups in total. The third kappa shape index (κ3) is 3.56. The van der Waals surface area contributed by atoms with Crippen LogP contribution in [0.15, 0.2) is 18.2 Å². The third-order valence-electron chi connectivity index (χ3n) is 4.01. The third-order valence-corrected chi connectivity index (χ3v) is 4.01. The minimum absolute atomic E-state index is 0.0905. The van der Waals surface area contributed by atoms with Gasteiger partial charge in [0.05, 0.1) is 26.5 Å². The van der Waals surface area contributed by atoms with E-state index < -0.39 is 6.04 Å². The van der Waals surface area contributed by atoms with E-state index in [1.807, 2.05) is 0 Å². The molecule has 1 aliphatic rings. The van der Waals surface area contributed by atoms with E-state index in [-0.39, 0.29) is 18.4 Å². The molecule has 2 rings (SSSR count). The van der Waals surface area contributed by atoms with Gasteiger partial charge in [0.1, 0.15) is 17.5 Å². The largest absolute Gasteiger partial charge is 0.497 e. The van der Waals surface area contributed by atoms with Crippen molar-refractivity contribution >= 4 is 17.5 Å². The van der Waals surface area contributed by atoms with Gasteiger partial charge in [0.2, 0.25) is 11.8 Å². The summed E-state index contributed by atoms with van der Waals surface area (Å²) in [6, 6.07) is 4.90. The van der Waals surface area contributed by atoms with E-state index in [4.69, 9.17) is 9.47 Å². The standard InChI is InChI=1S/C16H23N3O4/c1-17-10-15(20)18(2)14-5-6-19(16(14)21)11-7-12(22-3)9-13(8-11)23-4/h7-9,14,17H,5-6,10H2,1-4H3. The minimum atomic E-state index is -0.437. The van der Waals surface area contributed by atoms with Gasteiger partial charge in [0.25, 0.3) is 0 Å². The second kappa shape index (κ2) is 7.32. The summed E-state index contributed by atoms with van der Waals surface area (Å²) in [5, 5.41) is 2.81. The predicted octanol–water partition coefficient (Wildman–Crippen LogP) is 0.487. The fraction of sp³-hybridized carbons (Fsp3) is 0.500. The zero-order valence-corrected chi connectivity index (χ0v) is 14.0. The molecule has 0 radical (unpaired) electrons. The van der Waals surface area contributed by atoms with Crippen molar-refractivity contribution in [2.24, 2.45) is 0 Å². The van der Waals surface area contributed by atoms with Crippen molar-refractivity contribution in [1.29, 1.82) is 0 Å². The summed E-state index contributed by atoms with van der Waals surface area (Å²) < 4.78 is 10.5. The van der Waals surface area contributed by atoms with Crippen LogP contribution in [0, 0.1) is 0 Å². The Morgan fingerprint density at radius 2 is 1.91 bits per heavy atom. The summed E-state index contributed by atoms with van der Waals surface area (Å²) in [4.78, 5) is 27.8. The molecule has 1 aliphatic heterocycles. The van der Waals surface area contributed by atoms with E-state index >= 15 is 0 Å². The van der Waals surface area contributed by atoms with Crippen molar-refractivity contribution in [2.45, 2.75) is 12.5 Å². The van der Waals surface area contributed by atoms with Crippen LogP contribution in [-0.4, -0.2) is 64.2 Å². The van der Waals surface area contributed by atoms with Crippen LogP contribution in [0.5, 0.6) is 11.5 Å². The lowest BCUT2D eigenvalue weighted by Gasteiger charge is -2.24. The fourth-order valence-corrected chi connectivity index (χ4v) is 2.68. The molecule has 126 valence electrons. The Morgan fingerprint density at radius 3 is 2.43 bits per heavy atom. The summed E-state index contributed by atoms with van der Waals surface area (Å²) >= 11 is 0. The Bertz CT molecular complexity index is 568. The molecule has 0 aromatic heterocycles. The molecule has 1 fully saturated rings. The van der Waals surface area contributed by atoms with E-state index in [0.717, 1.165) is 0 Å². The first-order valence-electron chi connectivity index (χ1n) is 7.46. The molecule has 1 unspecified atom stereocenters. The first-order chi connectivity index (χ1) is 11.0. The number of methoxy groups -OCH3 is 2. The molecule has 1 atom stereocenters. The zero-order chi connectivity index (χ0) is 17.0. The van der Waals surface area contributed by atoms with Gasteiger partial charge in [-0.1, -0.05) is 0 Å². The van der Waals surface area contributed by atoms with E-state index in [1.54, 1.807) is 51.4 Å². The second-order valence-electron chi connectivity index (χ2n) is 5.40. The van der Waals surface area contributed by atoms with Gasteiger partial charge in [0, 0.05) is 31.8 Å². The Hall–Kier alpha value is -2.28. The zero-order valence-electron chi connectivity index (χ0n) is 14.0. The predicted molar refractivity (Wildman–Crippen MR) is 87.0 cm³/mol. The van der Waals surface area contributed by atoms with Crippen molar-refractivity contribution < 1.29 is 19.1 Å². The molecule has 1 heterocycles. The maximum Gasteiger partial charge on any atom is 0.249 e. The molecular weight excluding hydrogens is 298 g/mol. The van der Waals surface area contributed by atoms with Crippen LogP contribution in [0.2, 0.25) is 0 Å². The van der Waals surface area contributed by atoms with Crippen LogP contribution < -0.4 is 19.7 Å². The Kier molecular flexibility index (Phi) is 5.44. The van der Waals surface area contributed by atoms with Gasteiger partial charge >= 0.3 is 0 Å². The number of anilines is 1. The Morgan fingerprint density at radius 1 is 1.30 bits per heavy atom. The van der Waals surface area contributed by atoms with Crippen LogP contribution in [0.1, 0.15) is 6.42 Å². The summed E-state index contributed by atoms with van der Waals surface area (Å²) in [6.07, 6.45) is 0.602. The quantitative estimate of drug-likeness (QED) is 0.825. The van der Waals surface area contributed by atoms with E-state index in [2.05, 4.69) is 5.32 Å². The minimum Gasteiger partial charge on any atom is -0.497 e. The molecule has 7 heteroatoms. The number of carbonyl (C=O) groups excluding carboxylic acids is 2. The van der Waals surface area contributed by atoms with E-state index in [1.165, 1.54) is 4.90 Å². The highest BCUT2D eigenvalue weighted by atomic mass is 16.5. The van der Waals surface area contributed by atoms with E-state index in [9.17, 15) is 9.59 Å². The van der Waals surface area contributed by atoms with Crippen molar-refractivity contribution in [1.82, 2.24) is 10.2 Å². The first kappa shape index (κ1) is 17.1. The van der Waals surface area contributed by atoms with Crippen LogP contribution >= 0.6 is 0 Å². The summed E-state index contributed by atoms with van der Waals surface area (Å²) in [6.45, 7) is 0.768. The maximum absolute atomic E-state index is 12.7. The highest BCUT2D eigenvalue weighted by molar-refractivity contribution is 6.01. The number of likely N-dealkylation sites (N-methyl/N-ethyl adjacent to an activating group) is 2. The highest BCUT2D eigenvalue weighted by Gasteiger charge is 2.37. The normalized spacial score (nSPS) is 17.3. The lowest BCUT2D eigenvalue weighted by molar-refractivity contribution is -0.135. The van der Waals surface area contributed by atoms with Crippen molar-refractivity contribution in [3.63, 3.8) is 0 Å². The van der Waals surface area contributed by atoms with Gasteiger partial charge in [-0.2, -0.15) is 0 Å². The first-order valence-corrected chi connectivity index (χ1v) is 7.46. The maximum atomic E-state index is 12.7. The number of benzene rings is 1. The molecule has 23 heavy (non-hydrogen) atoms. The molecular formula is C16H23N3O4. The van der Waals surface area contributed by atoms with Crippen LogP contribution in [-0.2, 0) is 9.59 Å². The van der Waals surface area contributed by atoms with Crippen molar-refractivity contribution in [2.75, 3.05) is 46.3 Å². The Labute approximate surface area is 136 Å². The van der Waals surface area contributed by atoms with Gasteiger partial charge in [-0.25, -0.2) is 0 Å². The lowest BCUT2D eigenvalue weighted by Crippen LogP contribution is -2.45. The molecule has 1 aromatic rings. The number of amides is 2. The molecule has 1 aromatic carbocycles. The Balaban J connectivity index is 2.20. The summed E-state index contributed by atoms with van der Waals surface area (Å²) in [7, 11) is 6.50. The van der Waals surface area contributed by atoms with Crippen LogP contribution in [0.25, 0.3) is 0 Å². The summed E-state index contributed by atoms with van der Waals surface area (Å²) in [5.74, 6) is 1.05. The smallest absolute Gasteiger partial charge is 0.249 e. The summed E-state index contributed by atoms with van der Waals surface area (Å²) in [5.41, 5.74) is 0.711. The SMILES string of the molecule is CNCC(=O)N(C)C1CCN(c2cc(OC)cc(OC)c2)C1=O. The van der Waals surface area contributed by atoms with Crippen LogP contribution in [0.3, 0.4) is 0 Å². The number of nitrogens with one attached hydrogen (secondary N) is 1.